The predicted molar refractivity (Wildman–Crippen MR) is 81.3 cm³/mol. The van der Waals surface area contributed by atoms with Gasteiger partial charge in [0.1, 0.15) is 0 Å². The molecule has 0 amide bonds. The van der Waals surface area contributed by atoms with Crippen molar-refractivity contribution in [1.29, 1.82) is 0 Å². The SMILES string of the molecule is [2H]c1cc(C([2H])([2H])[2H])ncc1/C=C/Br.[2H]c1cc(C([2H])([2H])[2H])ncc1C=O. The summed E-state index contributed by atoms with van der Waals surface area (Å²) in [7, 11) is 0. The predicted octanol–water partition coefficient (Wildman–Crippen LogP) is 3.96. The van der Waals surface area contributed by atoms with Crippen molar-refractivity contribution in [3.8, 4) is 0 Å². The Bertz CT molecular complexity index is 834. The third-order valence-corrected chi connectivity index (χ3v) is 2.07. The fraction of sp³-hybridized carbons (Fsp3) is 0.133. The zero-order valence-electron chi connectivity index (χ0n) is 17.7. The molecule has 98 valence electrons. The largest absolute Gasteiger partial charge is 0.298 e. The quantitative estimate of drug-likeness (QED) is 0.784. The average molecular weight is 327 g/mol. The maximum absolute atomic E-state index is 10.3. The summed E-state index contributed by atoms with van der Waals surface area (Å²) in [6, 6.07) is 2.38. The maximum Gasteiger partial charge on any atom is 0.151 e. The monoisotopic (exact) mass is 326 g/mol. The molecule has 0 N–H and O–H groups in total. The number of hydrogen-bond donors (Lipinski definition) is 0. The van der Waals surface area contributed by atoms with Crippen LogP contribution in [0.5, 0.6) is 0 Å². The van der Waals surface area contributed by atoms with Crippen LogP contribution in [0.1, 0.15) is 38.3 Å². The molecule has 2 heterocycles. The van der Waals surface area contributed by atoms with Gasteiger partial charge in [0.15, 0.2) is 6.29 Å². The molecule has 0 aromatic carbocycles. The lowest BCUT2D eigenvalue weighted by molar-refractivity contribution is 0.112. The van der Waals surface area contributed by atoms with Crippen LogP contribution in [-0.4, -0.2) is 16.3 Å². The summed E-state index contributed by atoms with van der Waals surface area (Å²) < 4.78 is 57.1. The van der Waals surface area contributed by atoms with Gasteiger partial charge in [0.2, 0.25) is 0 Å². The minimum Gasteiger partial charge on any atom is -0.298 e. The van der Waals surface area contributed by atoms with Gasteiger partial charge in [-0.05, 0) is 48.5 Å². The van der Waals surface area contributed by atoms with Gasteiger partial charge in [0, 0.05) is 37.6 Å². The summed E-state index contributed by atoms with van der Waals surface area (Å²) in [6.45, 7) is -4.57. The zero-order valence-corrected chi connectivity index (χ0v) is 11.3. The number of halogens is 1. The van der Waals surface area contributed by atoms with Crippen molar-refractivity contribution >= 4 is 28.3 Å². The molecule has 2 aromatic heterocycles. The Hall–Kier alpha value is -1.81. The summed E-state index contributed by atoms with van der Waals surface area (Å²) in [6.07, 6.45) is 4.58. The fourth-order valence-corrected chi connectivity index (χ4v) is 1.24. The molecule has 0 atom stereocenters. The first-order chi connectivity index (χ1) is 12.4. The van der Waals surface area contributed by atoms with E-state index in [9.17, 15) is 4.79 Å². The molecule has 2 rings (SSSR count). The topological polar surface area (TPSA) is 42.9 Å². The van der Waals surface area contributed by atoms with E-state index in [1.54, 1.807) is 11.1 Å². The van der Waals surface area contributed by atoms with Crippen molar-refractivity contribution < 1.29 is 15.8 Å². The fourth-order valence-electron chi connectivity index (χ4n) is 0.954. The summed E-state index contributed by atoms with van der Waals surface area (Å²) >= 11 is 3.08. The van der Waals surface area contributed by atoms with Crippen LogP contribution in [0.15, 0.2) is 41.6 Å². The van der Waals surface area contributed by atoms with E-state index in [2.05, 4.69) is 25.9 Å². The minimum absolute atomic E-state index is 0.0470. The van der Waals surface area contributed by atoms with Crippen molar-refractivity contribution in [1.82, 2.24) is 9.97 Å². The van der Waals surface area contributed by atoms with Crippen molar-refractivity contribution in [2.24, 2.45) is 0 Å². The highest BCUT2D eigenvalue weighted by Gasteiger charge is 1.86. The Balaban J connectivity index is 0.000000271. The van der Waals surface area contributed by atoms with Crippen molar-refractivity contribution in [3.05, 3.63) is 64.1 Å². The highest BCUT2D eigenvalue weighted by molar-refractivity contribution is 9.11. The number of hydrogen-bond acceptors (Lipinski definition) is 3. The number of carbonyl (C=O) groups is 1. The van der Waals surface area contributed by atoms with Gasteiger partial charge in [-0.1, -0.05) is 22.0 Å². The number of aldehydes is 1. The summed E-state index contributed by atoms with van der Waals surface area (Å²) in [4.78, 5) is 19.2. The molecule has 0 aliphatic rings. The molecule has 0 aliphatic carbocycles. The lowest BCUT2D eigenvalue weighted by Gasteiger charge is -1.91. The molecule has 0 unspecified atom stereocenters. The molecule has 0 spiro atoms. The van der Waals surface area contributed by atoms with Crippen LogP contribution in [0.4, 0.5) is 0 Å². The van der Waals surface area contributed by atoms with Crippen LogP contribution in [0.3, 0.4) is 0 Å². The maximum atomic E-state index is 10.3. The van der Waals surface area contributed by atoms with Crippen molar-refractivity contribution in [2.75, 3.05) is 0 Å². The zero-order chi connectivity index (χ0) is 20.8. The van der Waals surface area contributed by atoms with Crippen LogP contribution >= 0.6 is 15.9 Å². The molecule has 3 nitrogen and oxygen atoms in total. The molecule has 0 saturated heterocycles. The van der Waals surface area contributed by atoms with Crippen molar-refractivity contribution in [3.63, 3.8) is 0 Å². The lowest BCUT2D eigenvalue weighted by Crippen LogP contribution is -1.82. The number of nitrogens with zero attached hydrogens (tertiary/aromatic N) is 2. The van der Waals surface area contributed by atoms with E-state index < -0.39 is 13.7 Å². The third kappa shape index (κ3) is 6.06. The van der Waals surface area contributed by atoms with E-state index in [0.717, 1.165) is 12.3 Å². The van der Waals surface area contributed by atoms with Crippen LogP contribution in [0.25, 0.3) is 6.08 Å². The van der Waals surface area contributed by atoms with E-state index in [-0.39, 0.29) is 29.0 Å². The Morgan fingerprint density at radius 2 is 1.74 bits per heavy atom. The summed E-state index contributed by atoms with van der Waals surface area (Å²) in [5, 5.41) is 0. The van der Waals surface area contributed by atoms with E-state index in [0.29, 0.717) is 11.8 Å². The number of pyridine rings is 2. The first kappa shape index (κ1) is 7.10. The van der Waals surface area contributed by atoms with Gasteiger partial charge in [-0.3, -0.25) is 14.8 Å². The van der Waals surface area contributed by atoms with Crippen LogP contribution in [0, 0.1) is 13.7 Å². The van der Waals surface area contributed by atoms with E-state index in [1.165, 1.54) is 12.3 Å². The number of carbonyl (C=O) groups excluding carboxylic acids is 1. The first-order valence-corrected chi connectivity index (χ1v) is 5.98. The highest BCUT2D eigenvalue weighted by Crippen LogP contribution is 2.02. The van der Waals surface area contributed by atoms with Crippen LogP contribution in [-0.2, 0) is 0 Å². The molecule has 2 aromatic rings. The smallest absolute Gasteiger partial charge is 0.151 e. The molecule has 0 radical (unpaired) electrons. The van der Waals surface area contributed by atoms with Crippen molar-refractivity contribution in [2.45, 2.75) is 13.7 Å². The van der Waals surface area contributed by atoms with Gasteiger partial charge in [0.25, 0.3) is 0 Å². The Morgan fingerprint density at radius 1 is 1.16 bits per heavy atom. The van der Waals surface area contributed by atoms with Crippen LogP contribution in [0.2, 0.25) is 0 Å². The second kappa shape index (κ2) is 8.32. The van der Waals surface area contributed by atoms with E-state index in [1.807, 2.05) is 0 Å². The van der Waals surface area contributed by atoms with Gasteiger partial charge in [-0.2, -0.15) is 0 Å². The first-order valence-electron chi connectivity index (χ1n) is 9.06. The minimum atomic E-state index is -2.32. The van der Waals surface area contributed by atoms with E-state index >= 15 is 0 Å². The average Bonchev–Trinajstić information content (AvgIpc) is 2.55. The van der Waals surface area contributed by atoms with Gasteiger partial charge in [-0.25, -0.2) is 0 Å². The molecule has 0 aliphatic heterocycles. The molecular weight excluding hydrogens is 304 g/mol. The summed E-state index contributed by atoms with van der Waals surface area (Å²) in [5.41, 5.74) is 0.459. The van der Waals surface area contributed by atoms with Gasteiger partial charge in [0.05, 0.1) is 2.74 Å². The second-order valence-corrected chi connectivity index (χ2v) is 3.71. The van der Waals surface area contributed by atoms with Gasteiger partial charge in [-0.15, -0.1) is 0 Å². The van der Waals surface area contributed by atoms with Gasteiger partial charge < -0.3 is 0 Å². The lowest BCUT2D eigenvalue weighted by atomic mass is 10.2. The Morgan fingerprint density at radius 3 is 2.16 bits per heavy atom. The van der Waals surface area contributed by atoms with Crippen LogP contribution < -0.4 is 0 Å². The third-order valence-electron chi connectivity index (χ3n) is 1.81. The molecule has 0 fully saturated rings. The second-order valence-electron chi connectivity index (χ2n) is 3.19. The Kier molecular flexibility index (Phi) is 3.11. The molecule has 4 heteroatoms. The van der Waals surface area contributed by atoms with E-state index in [4.69, 9.17) is 11.0 Å². The Labute approximate surface area is 132 Å². The molecular formula is C15H15BrN2O. The van der Waals surface area contributed by atoms with Gasteiger partial charge >= 0.3 is 0 Å². The molecule has 0 bridgehead atoms. The normalized spacial score (nSPS) is 17.3. The molecule has 0 saturated carbocycles. The standard InChI is InChI=1S/C8H8BrN.C7H7NO/c1-7-2-3-8(4-5-9)6-10-7;1-6-2-3-7(5-9)4-8-6/h2-6H,1H3;2-5H,1H3/b5-4+;/i2*1D3,3D. The highest BCUT2D eigenvalue weighted by atomic mass is 79.9. The number of aryl methyl sites for hydroxylation is 2. The number of aromatic nitrogens is 2. The molecule has 19 heavy (non-hydrogen) atoms. The summed E-state index contributed by atoms with van der Waals surface area (Å²) in [5.74, 6) is 0. The number of rotatable bonds is 2.